The van der Waals surface area contributed by atoms with Gasteiger partial charge in [-0.05, 0) is 24.3 Å². The summed E-state index contributed by atoms with van der Waals surface area (Å²) in [6.07, 6.45) is -1.39. The van der Waals surface area contributed by atoms with E-state index < -0.39 is 29.3 Å². The van der Waals surface area contributed by atoms with E-state index in [9.17, 15) is 18.4 Å². The minimum Gasteiger partial charge on any atom is -0.465 e. The van der Waals surface area contributed by atoms with Crippen LogP contribution in [0.4, 0.5) is 13.6 Å². The summed E-state index contributed by atoms with van der Waals surface area (Å²) in [5.41, 5.74) is -0.669. The zero-order valence-electron chi connectivity index (χ0n) is 14.4. The molecule has 2 N–H and O–H groups in total. The summed E-state index contributed by atoms with van der Waals surface area (Å²) >= 11 is 6.13. The number of ether oxygens (including phenoxy) is 1. The van der Waals surface area contributed by atoms with Gasteiger partial charge in [0.1, 0.15) is 23.5 Å². The van der Waals surface area contributed by atoms with Crippen LogP contribution in [0, 0.1) is 11.6 Å². The van der Waals surface area contributed by atoms with Gasteiger partial charge in [-0.15, -0.1) is 0 Å². The summed E-state index contributed by atoms with van der Waals surface area (Å²) in [4.78, 5) is 28.7. The second kappa shape index (κ2) is 7.91. The van der Waals surface area contributed by atoms with Crippen LogP contribution in [0.2, 0.25) is 5.02 Å². The number of amides is 1. The highest BCUT2D eigenvalue weighted by Gasteiger charge is 2.24. The Morgan fingerprint density at radius 2 is 2.00 bits per heavy atom. The highest BCUT2D eigenvalue weighted by Crippen LogP contribution is 2.24. The Morgan fingerprint density at radius 1 is 1.32 bits per heavy atom. The molecule has 0 saturated carbocycles. The third kappa shape index (κ3) is 3.80. The van der Waals surface area contributed by atoms with E-state index in [0.717, 1.165) is 16.7 Å². The van der Waals surface area contributed by atoms with E-state index in [2.05, 4.69) is 10.3 Å². The summed E-state index contributed by atoms with van der Waals surface area (Å²) in [5, 5.41) is 11.4. The van der Waals surface area contributed by atoms with Gasteiger partial charge in [0.2, 0.25) is 0 Å². The van der Waals surface area contributed by atoms with Gasteiger partial charge in [0.05, 0.1) is 28.2 Å². The molecule has 1 aromatic heterocycles. The second-order valence-electron chi connectivity index (χ2n) is 5.83. The molecule has 0 aliphatic carbocycles. The molecule has 1 heterocycles. The van der Waals surface area contributed by atoms with Gasteiger partial charge in [-0.3, -0.25) is 9.36 Å². The fraction of sp³-hybridized carbons (Fsp3) is 0.167. The van der Waals surface area contributed by atoms with Crippen LogP contribution in [0.1, 0.15) is 11.9 Å². The number of benzene rings is 2. The summed E-state index contributed by atoms with van der Waals surface area (Å²) < 4.78 is 33.5. The molecule has 10 heteroatoms. The Labute approximate surface area is 162 Å². The molecular weight excluding hydrogens is 396 g/mol. The van der Waals surface area contributed by atoms with Crippen LogP contribution in [-0.4, -0.2) is 34.5 Å². The molecular formula is C18H14ClF2N3O4. The number of nitrogens with one attached hydrogen (secondary N) is 1. The van der Waals surface area contributed by atoms with Crippen molar-refractivity contribution in [3.63, 3.8) is 0 Å². The van der Waals surface area contributed by atoms with Crippen LogP contribution in [0.3, 0.4) is 0 Å². The lowest BCUT2D eigenvalue weighted by molar-refractivity contribution is 0.148. The molecule has 28 heavy (non-hydrogen) atoms. The molecule has 7 nitrogen and oxygen atoms in total. The second-order valence-corrected chi connectivity index (χ2v) is 6.24. The van der Waals surface area contributed by atoms with Crippen molar-refractivity contribution in [2.45, 2.75) is 6.04 Å². The molecule has 0 aliphatic rings. The highest BCUT2D eigenvalue weighted by molar-refractivity contribution is 6.35. The topological polar surface area (TPSA) is 93.5 Å². The number of hydrogen-bond donors (Lipinski definition) is 2. The number of nitrogens with zero attached hydrogens (tertiary/aromatic N) is 2. The van der Waals surface area contributed by atoms with Crippen LogP contribution in [0.5, 0.6) is 0 Å². The zero-order chi connectivity index (χ0) is 20.4. The largest absolute Gasteiger partial charge is 0.465 e. The van der Waals surface area contributed by atoms with Gasteiger partial charge in [0.15, 0.2) is 0 Å². The number of rotatable bonds is 5. The number of hydrogen-bond acceptors (Lipinski definition) is 4. The summed E-state index contributed by atoms with van der Waals surface area (Å²) in [6.45, 7) is -0.178. The van der Waals surface area contributed by atoms with Crippen molar-refractivity contribution in [3.05, 3.63) is 69.2 Å². The monoisotopic (exact) mass is 409 g/mol. The van der Waals surface area contributed by atoms with E-state index in [1.165, 1.54) is 19.2 Å². The first kappa shape index (κ1) is 19.7. The Balaban J connectivity index is 2.40. The van der Waals surface area contributed by atoms with Crippen molar-refractivity contribution in [1.29, 1.82) is 0 Å². The van der Waals surface area contributed by atoms with Gasteiger partial charge in [-0.1, -0.05) is 17.7 Å². The fourth-order valence-corrected chi connectivity index (χ4v) is 3.11. The average Bonchev–Trinajstić information content (AvgIpc) is 2.59. The van der Waals surface area contributed by atoms with Crippen LogP contribution in [0.25, 0.3) is 16.6 Å². The summed E-state index contributed by atoms with van der Waals surface area (Å²) in [6, 6.07) is 6.00. The molecule has 1 amide bonds. The first-order valence-corrected chi connectivity index (χ1v) is 8.35. The molecule has 3 aromatic rings. The molecule has 0 fully saturated rings. The van der Waals surface area contributed by atoms with E-state index in [4.69, 9.17) is 21.4 Å². The third-order valence-corrected chi connectivity index (χ3v) is 4.24. The SMILES string of the molecule is COCC(NC(=O)O)c1nc2cccc(Cl)c2c(=O)n1-c1cc(F)cc(F)c1. The van der Waals surface area contributed by atoms with Gasteiger partial charge in [0, 0.05) is 13.2 Å². The van der Waals surface area contributed by atoms with E-state index in [0.29, 0.717) is 6.07 Å². The maximum atomic E-state index is 13.8. The first-order chi connectivity index (χ1) is 13.3. The molecule has 0 aliphatic heterocycles. The van der Waals surface area contributed by atoms with Gasteiger partial charge >= 0.3 is 6.09 Å². The lowest BCUT2D eigenvalue weighted by Crippen LogP contribution is -2.36. The average molecular weight is 410 g/mol. The van der Waals surface area contributed by atoms with Crippen LogP contribution in [-0.2, 0) is 4.74 Å². The number of carboxylic acid groups (broad SMARTS) is 1. The number of fused-ring (bicyclic) bond motifs is 1. The third-order valence-electron chi connectivity index (χ3n) is 3.92. The van der Waals surface area contributed by atoms with Gasteiger partial charge in [0.25, 0.3) is 5.56 Å². The van der Waals surface area contributed by atoms with Gasteiger partial charge in [-0.2, -0.15) is 0 Å². The minimum absolute atomic E-state index is 0.0316. The molecule has 0 radical (unpaired) electrons. The van der Waals surface area contributed by atoms with Crippen molar-refractivity contribution < 1.29 is 23.4 Å². The van der Waals surface area contributed by atoms with Crippen molar-refractivity contribution in [1.82, 2.24) is 14.9 Å². The zero-order valence-corrected chi connectivity index (χ0v) is 15.2. The lowest BCUT2D eigenvalue weighted by atomic mass is 10.2. The standard InChI is InChI=1S/C18H14ClF2N3O4/c1-28-8-14(23-18(26)27)16-22-13-4-2-3-12(19)15(13)17(25)24(16)11-6-9(20)5-10(21)7-11/h2-7,14,23H,8H2,1H3,(H,26,27). The maximum Gasteiger partial charge on any atom is 0.405 e. The first-order valence-electron chi connectivity index (χ1n) is 7.98. The van der Waals surface area contributed by atoms with E-state index in [1.54, 1.807) is 6.07 Å². The minimum atomic E-state index is -1.39. The summed E-state index contributed by atoms with van der Waals surface area (Å²) in [5.74, 6) is -1.93. The van der Waals surface area contributed by atoms with Crippen LogP contribution in [0.15, 0.2) is 41.2 Å². The Hall–Kier alpha value is -3.04. The van der Waals surface area contributed by atoms with E-state index in [-0.39, 0.29) is 34.0 Å². The smallest absolute Gasteiger partial charge is 0.405 e. The van der Waals surface area contributed by atoms with Crippen molar-refractivity contribution >= 4 is 28.6 Å². The maximum absolute atomic E-state index is 13.8. The predicted molar refractivity (Wildman–Crippen MR) is 98.0 cm³/mol. The Morgan fingerprint density at radius 3 is 2.61 bits per heavy atom. The Bertz CT molecular complexity index is 1100. The normalized spacial score (nSPS) is 12.1. The molecule has 0 bridgehead atoms. The molecule has 146 valence electrons. The quantitative estimate of drug-likeness (QED) is 0.674. The van der Waals surface area contributed by atoms with Crippen molar-refractivity contribution in [2.24, 2.45) is 0 Å². The molecule has 2 aromatic carbocycles. The van der Waals surface area contributed by atoms with E-state index >= 15 is 0 Å². The van der Waals surface area contributed by atoms with Crippen molar-refractivity contribution in [2.75, 3.05) is 13.7 Å². The van der Waals surface area contributed by atoms with Crippen LogP contribution < -0.4 is 10.9 Å². The Kier molecular flexibility index (Phi) is 5.57. The van der Waals surface area contributed by atoms with E-state index in [1.807, 2.05) is 0 Å². The number of methoxy groups -OCH3 is 1. The molecule has 0 saturated heterocycles. The van der Waals surface area contributed by atoms with Crippen LogP contribution >= 0.6 is 11.6 Å². The highest BCUT2D eigenvalue weighted by atomic mass is 35.5. The molecule has 1 atom stereocenters. The lowest BCUT2D eigenvalue weighted by Gasteiger charge is -2.21. The van der Waals surface area contributed by atoms with Crippen molar-refractivity contribution in [3.8, 4) is 5.69 Å². The predicted octanol–water partition coefficient (Wildman–Crippen LogP) is 3.27. The van der Waals surface area contributed by atoms with Gasteiger partial charge < -0.3 is 15.2 Å². The van der Waals surface area contributed by atoms with Gasteiger partial charge in [-0.25, -0.2) is 18.6 Å². The fourth-order valence-electron chi connectivity index (χ4n) is 2.86. The summed E-state index contributed by atoms with van der Waals surface area (Å²) in [7, 11) is 1.33. The number of carbonyl (C=O) groups is 1. The molecule has 3 rings (SSSR count). The number of halogens is 3. The molecule has 1 unspecified atom stereocenters. The molecule has 0 spiro atoms. The number of aromatic nitrogens is 2.